The predicted molar refractivity (Wildman–Crippen MR) is 76.5 cm³/mol. The normalized spacial score (nSPS) is 15.7. The number of alkyl halides is 6. The first-order chi connectivity index (χ1) is 11.2. The maximum atomic E-state index is 12.7. The van der Waals surface area contributed by atoms with E-state index in [1.54, 1.807) is 12.1 Å². The molecule has 2 N–H and O–H groups in total. The molecule has 1 saturated heterocycles. The smallest absolute Gasteiger partial charge is 0.478 e. The molecule has 0 atom stereocenters. The molecule has 0 spiro atoms. The first kappa shape index (κ1) is 21.1. The summed E-state index contributed by atoms with van der Waals surface area (Å²) >= 11 is 0. The van der Waals surface area contributed by atoms with Crippen LogP contribution >= 0.6 is 0 Å². The number of ether oxygens (including phenoxy) is 1. The van der Waals surface area contributed by atoms with Crippen LogP contribution in [0.15, 0.2) is 24.3 Å². The van der Waals surface area contributed by atoms with Gasteiger partial charge in [0.1, 0.15) is 5.75 Å². The van der Waals surface area contributed by atoms with E-state index in [0.29, 0.717) is 5.92 Å². The predicted octanol–water partition coefficient (Wildman–Crippen LogP) is 3.73. The molecule has 4 nitrogen and oxygen atoms in total. The number of carbonyl (C=O) groups is 1. The van der Waals surface area contributed by atoms with Crippen LogP contribution in [0.5, 0.6) is 5.75 Å². The molecule has 0 aliphatic carbocycles. The van der Waals surface area contributed by atoms with Gasteiger partial charge in [-0.05, 0) is 31.5 Å². The minimum absolute atomic E-state index is 0.244. The second-order valence-electron chi connectivity index (χ2n) is 5.84. The fourth-order valence-corrected chi connectivity index (χ4v) is 1.68. The van der Waals surface area contributed by atoms with Crippen LogP contribution in [-0.2, 0) is 4.79 Å². The molecular weight excluding hydrogens is 356 g/mol. The zero-order chi connectivity index (χ0) is 19.5. The molecule has 25 heavy (non-hydrogen) atoms. The topological polar surface area (TPSA) is 58.6 Å². The summed E-state index contributed by atoms with van der Waals surface area (Å²) in [6.07, 6.45) is -9.47. The highest BCUT2D eigenvalue weighted by Crippen LogP contribution is 2.34. The van der Waals surface area contributed by atoms with Gasteiger partial charge in [-0.3, -0.25) is 0 Å². The lowest BCUT2D eigenvalue weighted by atomic mass is 9.94. The Hall–Kier alpha value is -1.97. The lowest BCUT2D eigenvalue weighted by Crippen LogP contribution is -2.44. The SMILES string of the molecule is CC(C)(Oc1ccc(C2CNC2)cc1)C(F)(F)F.O=C(O)C(F)(F)F. The van der Waals surface area contributed by atoms with E-state index in [-0.39, 0.29) is 5.75 Å². The maximum Gasteiger partial charge on any atom is 0.490 e. The van der Waals surface area contributed by atoms with E-state index < -0.39 is 23.9 Å². The Kier molecular flexibility index (Phi) is 6.33. The number of hydrogen-bond acceptors (Lipinski definition) is 3. The molecule has 142 valence electrons. The van der Waals surface area contributed by atoms with Crippen LogP contribution in [-0.4, -0.2) is 42.1 Å². The second-order valence-corrected chi connectivity index (χ2v) is 5.84. The van der Waals surface area contributed by atoms with Crippen molar-refractivity contribution in [2.45, 2.75) is 37.7 Å². The highest BCUT2D eigenvalue weighted by Gasteiger charge is 2.49. The Bertz CT molecular complexity index is 576. The molecule has 0 amide bonds. The average molecular weight is 373 g/mol. The van der Waals surface area contributed by atoms with Gasteiger partial charge in [-0.25, -0.2) is 4.79 Å². The highest BCUT2D eigenvalue weighted by atomic mass is 19.4. The second kappa shape index (κ2) is 7.51. The summed E-state index contributed by atoms with van der Waals surface area (Å²) < 4.78 is 74.7. The fraction of sp³-hybridized carbons (Fsp3) is 0.533. The van der Waals surface area contributed by atoms with Gasteiger partial charge in [-0.2, -0.15) is 26.3 Å². The molecule has 1 heterocycles. The summed E-state index contributed by atoms with van der Waals surface area (Å²) in [5, 5.41) is 10.3. The van der Waals surface area contributed by atoms with Gasteiger partial charge in [0.25, 0.3) is 0 Å². The van der Waals surface area contributed by atoms with Crippen molar-refractivity contribution in [2.75, 3.05) is 13.1 Å². The monoisotopic (exact) mass is 373 g/mol. The third-order valence-corrected chi connectivity index (χ3v) is 3.43. The number of nitrogens with one attached hydrogen (secondary N) is 1. The van der Waals surface area contributed by atoms with E-state index >= 15 is 0 Å². The lowest BCUT2D eigenvalue weighted by molar-refractivity contribution is -0.234. The first-order valence-corrected chi connectivity index (χ1v) is 7.10. The van der Waals surface area contributed by atoms with Crippen molar-refractivity contribution >= 4 is 5.97 Å². The summed E-state index contributed by atoms with van der Waals surface area (Å²) in [5.74, 6) is -2.05. The van der Waals surface area contributed by atoms with Crippen molar-refractivity contribution in [3.63, 3.8) is 0 Å². The molecule has 1 aromatic carbocycles. The van der Waals surface area contributed by atoms with E-state index in [1.807, 2.05) is 12.1 Å². The Morgan fingerprint density at radius 2 is 1.52 bits per heavy atom. The van der Waals surface area contributed by atoms with Gasteiger partial charge in [-0.15, -0.1) is 0 Å². The zero-order valence-electron chi connectivity index (χ0n) is 13.3. The number of aliphatic carboxylic acids is 1. The van der Waals surface area contributed by atoms with E-state index in [1.165, 1.54) is 0 Å². The van der Waals surface area contributed by atoms with Gasteiger partial charge in [0.15, 0.2) is 5.60 Å². The van der Waals surface area contributed by atoms with Crippen molar-refractivity contribution in [2.24, 2.45) is 0 Å². The van der Waals surface area contributed by atoms with Crippen LogP contribution in [0, 0.1) is 0 Å². The van der Waals surface area contributed by atoms with Gasteiger partial charge < -0.3 is 15.2 Å². The number of benzene rings is 1. The van der Waals surface area contributed by atoms with Gasteiger partial charge in [0.05, 0.1) is 0 Å². The molecule has 2 rings (SSSR count). The standard InChI is InChI=1S/C13H16F3NO.C2HF3O2/c1-12(2,13(14,15)16)18-11-5-3-9(4-6-11)10-7-17-8-10;3-2(4,5)1(6)7/h3-6,10,17H,7-8H2,1-2H3;(H,6,7). The van der Waals surface area contributed by atoms with Crippen molar-refractivity contribution < 1.29 is 41.0 Å². The molecule has 0 bridgehead atoms. The molecule has 1 aliphatic rings. The number of halogens is 6. The molecular formula is C15H17F6NO3. The summed E-state index contributed by atoms with van der Waals surface area (Å²) in [6, 6.07) is 6.85. The fourth-order valence-electron chi connectivity index (χ4n) is 1.68. The van der Waals surface area contributed by atoms with Gasteiger partial charge in [0.2, 0.25) is 0 Å². The third-order valence-electron chi connectivity index (χ3n) is 3.43. The minimum atomic E-state index is -5.08. The largest absolute Gasteiger partial charge is 0.490 e. The van der Waals surface area contributed by atoms with Crippen LogP contribution in [0.4, 0.5) is 26.3 Å². The highest BCUT2D eigenvalue weighted by molar-refractivity contribution is 5.73. The Morgan fingerprint density at radius 3 is 1.80 bits per heavy atom. The molecule has 0 aromatic heterocycles. The molecule has 1 aliphatic heterocycles. The van der Waals surface area contributed by atoms with Gasteiger partial charge >= 0.3 is 18.3 Å². The quantitative estimate of drug-likeness (QED) is 0.793. The van der Waals surface area contributed by atoms with Crippen molar-refractivity contribution in [1.82, 2.24) is 5.32 Å². The first-order valence-electron chi connectivity index (χ1n) is 7.10. The van der Waals surface area contributed by atoms with Crippen molar-refractivity contribution in [3.8, 4) is 5.75 Å². The Balaban J connectivity index is 0.000000381. The van der Waals surface area contributed by atoms with Crippen LogP contribution in [0.25, 0.3) is 0 Å². The van der Waals surface area contributed by atoms with Gasteiger partial charge in [0, 0.05) is 19.0 Å². The van der Waals surface area contributed by atoms with E-state index in [4.69, 9.17) is 14.6 Å². The van der Waals surface area contributed by atoms with Gasteiger partial charge in [-0.1, -0.05) is 12.1 Å². The molecule has 10 heteroatoms. The lowest BCUT2D eigenvalue weighted by Gasteiger charge is -2.30. The summed E-state index contributed by atoms with van der Waals surface area (Å²) in [7, 11) is 0. The van der Waals surface area contributed by atoms with E-state index in [2.05, 4.69) is 5.32 Å². The van der Waals surface area contributed by atoms with Crippen LogP contribution in [0.3, 0.4) is 0 Å². The summed E-state index contributed by atoms with van der Waals surface area (Å²) in [6.45, 7) is 3.90. The third kappa shape index (κ3) is 6.11. The average Bonchev–Trinajstić information content (AvgIpc) is 2.37. The maximum absolute atomic E-state index is 12.7. The molecule has 0 unspecified atom stereocenters. The number of carboxylic acids is 1. The van der Waals surface area contributed by atoms with Crippen molar-refractivity contribution in [1.29, 1.82) is 0 Å². The van der Waals surface area contributed by atoms with Crippen LogP contribution in [0.2, 0.25) is 0 Å². The van der Waals surface area contributed by atoms with E-state index in [9.17, 15) is 26.3 Å². The summed E-state index contributed by atoms with van der Waals surface area (Å²) in [4.78, 5) is 8.90. The molecule has 0 radical (unpaired) electrons. The molecule has 1 aromatic rings. The minimum Gasteiger partial charge on any atom is -0.478 e. The number of carboxylic acid groups (broad SMARTS) is 1. The van der Waals surface area contributed by atoms with Crippen molar-refractivity contribution in [3.05, 3.63) is 29.8 Å². The Morgan fingerprint density at radius 1 is 1.08 bits per heavy atom. The summed E-state index contributed by atoms with van der Waals surface area (Å²) in [5.41, 5.74) is -1.04. The van der Waals surface area contributed by atoms with Crippen LogP contribution < -0.4 is 10.1 Å². The molecule has 0 saturated carbocycles. The van der Waals surface area contributed by atoms with E-state index in [0.717, 1.165) is 32.5 Å². The number of hydrogen-bond donors (Lipinski definition) is 2. The number of rotatable bonds is 3. The molecule has 1 fully saturated rings. The zero-order valence-corrected chi connectivity index (χ0v) is 13.3. The van der Waals surface area contributed by atoms with Crippen LogP contribution in [0.1, 0.15) is 25.3 Å². The Labute approximate surface area is 139 Å².